The van der Waals surface area contributed by atoms with Gasteiger partial charge in [0.1, 0.15) is 4.88 Å². The fourth-order valence-electron chi connectivity index (χ4n) is 1.48. The molecule has 88 valence electrons. The number of hydrogen-bond acceptors (Lipinski definition) is 3. The Morgan fingerprint density at radius 1 is 1.62 bits per heavy atom. The van der Waals surface area contributed by atoms with Crippen LogP contribution >= 0.6 is 11.3 Å². The van der Waals surface area contributed by atoms with Crippen molar-refractivity contribution in [3.05, 3.63) is 29.0 Å². The molecule has 0 spiro atoms. The van der Waals surface area contributed by atoms with Crippen molar-refractivity contribution in [2.75, 3.05) is 11.4 Å². The van der Waals surface area contributed by atoms with Gasteiger partial charge >= 0.3 is 5.97 Å². The van der Waals surface area contributed by atoms with Crippen molar-refractivity contribution in [1.82, 2.24) is 0 Å². The second-order valence-electron chi connectivity index (χ2n) is 4.54. The number of anilines is 1. The van der Waals surface area contributed by atoms with E-state index in [1.807, 2.05) is 11.5 Å². The van der Waals surface area contributed by atoms with Gasteiger partial charge in [0.15, 0.2) is 0 Å². The number of rotatable bonds is 4. The topological polar surface area (TPSA) is 40.5 Å². The highest BCUT2D eigenvalue weighted by molar-refractivity contribution is 7.12. The molecule has 0 aliphatic rings. The van der Waals surface area contributed by atoms with Crippen LogP contribution in [-0.4, -0.2) is 23.2 Å². The van der Waals surface area contributed by atoms with Crippen molar-refractivity contribution in [3.63, 3.8) is 0 Å². The largest absolute Gasteiger partial charge is 0.477 e. The third-order valence-electron chi connectivity index (χ3n) is 2.23. The van der Waals surface area contributed by atoms with Crippen LogP contribution in [0.4, 0.5) is 5.69 Å². The van der Waals surface area contributed by atoms with E-state index in [0.29, 0.717) is 11.4 Å². The van der Waals surface area contributed by atoms with Gasteiger partial charge in [0.25, 0.3) is 0 Å². The minimum absolute atomic E-state index is 0.0506. The van der Waals surface area contributed by atoms with E-state index < -0.39 is 5.97 Å². The van der Waals surface area contributed by atoms with Crippen LogP contribution in [0.1, 0.15) is 30.4 Å². The first-order chi connectivity index (χ1) is 7.36. The third kappa shape index (κ3) is 2.85. The molecule has 0 saturated heterocycles. The summed E-state index contributed by atoms with van der Waals surface area (Å²) in [4.78, 5) is 13.3. The molecular weight excluding hydrogens is 222 g/mol. The molecule has 4 heteroatoms. The van der Waals surface area contributed by atoms with Crippen molar-refractivity contribution >= 4 is 23.0 Å². The maximum absolute atomic E-state index is 10.8. The van der Waals surface area contributed by atoms with E-state index in [9.17, 15) is 4.79 Å². The molecule has 0 fully saturated rings. The Hall–Kier alpha value is -1.29. The summed E-state index contributed by atoms with van der Waals surface area (Å²) in [6, 6.07) is 1.71. The molecule has 1 N–H and O–H groups in total. The molecule has 0 radical (unpaired) electrons. The van der Waals surface area contributed by atoms with Gasteiger partial charge in [-0.15, -0.1) is 17.9 Å². The third-order valence-corrected chi connectivity index (χ3v) is 3.14. The Morgan fingerprint density at radius 3 is 2.62 bits per heavy atom. The van der Waals surface area contributed by atoms with Crippen LogP contribution in [-0.2, 0) is 0 Å². The zero-order valence-corrected chi connectivity index (χ0v) is 10.7. The average Bonchev–Trinajstić information content (AvgIpc) is 2.60. The van der Waals surface area contributed by atoms with Crippen LogP contribution in [0.3, 0.4) is 0 Å². The Bertz CT molecular complexity index is 390. The van der Waals surface area contributed by atoms with Gasteiger partial charge in [-0.25, -0.2) is 4.79 Å². The van der Waals surface area contributed by atoms with Gasteiger partial charge in [0.2, 0.25) is 0 Å². The number of thiophene rings is 1. The quantitative estimate of drug-likeness (QED) is 0.820. The van der Waals surface area contributed by atoms with Gasteiger partial charge < -0.3 is 10.0 Å². The minimum Gasteiger partial charge on any atom is -0.477 e. The summed E-state index contributed by atoms with van der Waals surface area (Å²) >= 11 is 1.25. The predicted molar refractivity (Wildman–Crippen MR) is 68.6 cm³/mol. The van der Waals surface area contributed by atoms with Gasteiger partial charge in [-0.3, -0.25) is 0 Å². The smallest absolute Gasteiger partial charge is 0.345 e. The second-order valence-corrected chi connectivity index (χ2v) is 5.46. The van der Waals surface area contributed by atoms with E-state index in [-0.39, 0.29) is 5.54 Å². The average molecular weight is 239 g/mol. The van der Waals surface area contributed by atoms with Gasteiger partial charge in [-0.2, -0.15) is 0 Å². The Balaban J connectivity index is 3.02. The lowest BCUT2D eigenvalue weighted by Gasteiger charge is -2.36. The molecule has 1 rings (SSSR count). The highest BCUT2D eigenvalue weighted by atomic mass is 32.1. The molecule has 1 aromatic heterocycles. The first kappa shape index (κ1) is 12.8. The molecule has 0 aliphatic heterocycles. The zero-order chi connectivity index (χ0) is 12.3. The number of carbonyl (C=O) groups is 1. The Morgan fingerprint density at radius 2 is 2.25 bits per heavy atom. The Kier molecular flexibility index (Phi) is 3.75. The standard InChI is InChI=1S/C12H17NO2S/c1-5-6-13(12(2,3)4)9-7-10(11(14)15)16-8-9/h5,7-8H,1,6H2,2-4H3,(H,14,15). The second kappa shape index (κ2) is 4.70. The Labute approximate surface area is 100 Å². The van der Waals surface area contributed by atoms with Crippen molar-refractivity contribution in [3.8, 4) is 0 Å². The van der Waals surface area contributed by atoms with Crippen LogP contribution in [0.25, 0.3) is 0 Å². The number of carboxylic acids is 1. The van der Waals surface area contributed by atoms with Crippen molar-refractivity contribution in [2.45, 2.75) is 26.3 Å². The minimum atomic E-state index is -0.872. The molecule has 0 aliphatic carbocycles. The van der Waals surface area contributed by atoms with E-state index in [1.165, 1.54) is 11.3 Å². The number of nitrogens with zero attached hydrogens (tertiary/aromatic N) is 1. The van der Waals surface area contributed by atoms with Crippen LogP contribution in [0, 0.1) is 0 Å². The predicted octanol–water partition coefficient (Wildman–Crippen LogP) is 3.24. The van der Waals surface area contributed by atoms with E-state index in [0.717, 1.165) is 5.69 Å². The van der Waals surface area contributed by atoms with Crippen LogP contribution < -0.4 is 4.90 Å². The highest BCUT2D eigenvalue weighted by Crippen LogP contribution is 2.28. The molecule has 0 unspecified atom stereocenters. The normalized spacial score (nSPS) is 11.2. The molecule has 0 aromatic carbocycles. The van der Waals surface area contributed by atoms with Crippen LogP contribution in [0.15, 0.2) is 24.1 Å². The molecule has 0 saturated carbocycles. The first-order valence-corrected chi connectivity index (χ1v) is 5.94. The van der Waals surface area contributed by atoms with Gasteiger partial charge in [-0.1, -0.05) is 6.08 Å². The summed E-state index contributed by atoms with van der Waals surface area (Å²) in [6.07, 6.45) is 1.82. The van der Waals surface area contributed by atoms with Crippen molar-refractivity contribution in [2.24, 2.45) is 0 Å². The van der Waals surface area contributed by atoms with Crippen LogP contribution in [0.2, 0.25) is 0 Å². The molecule has 16 heavy (non-hydrogen) atoms. The summed E-state index contributed by atoms with van der Waals surface area (Å²) < 4.78 is 0. The van der Waals surface area contributed by atoms with Gasteiger partial charge in [0.05, 0.1) is 0 Å². The van der Waals surface area contributed by atoms with E-state index >= 15 is 0 Å². The number of hydrogen-bond donors (Lipinski definition) is 1. The lowest BCUT2D eigenvalue weighted by atomic mass is 10.1. The fourth-order valence-corrected chi connectivity index (χ4v) is 2.21. The van der Waals surface area contributed by atoms with Crippen LogP contribution in [0.5, 0.6) is 0 Å². The summed E-state index contributed by atoms with van der Waals surface area (Å²) in [5, 5.41) is 10.8. The first-order valence-electron chi connectivity index (χ1n) is 5.06. The van der Waals surface area contributed by atoms with E-state index in [1.54, 1.807) is 6.07 Å². The van der Waals surface area contributed by atoms with Gasteiger partial charge in [0, 0.05) is 23.2 Å². The monoisotopic (exact) mass is 239 g/mol. The molecule has 3 nitrogen and oxygen atoms in total. The van der Waals surface area contributed by atoms with Gasteiger partial charge in [-0.05, 0) is 26.8 Å². The summed E-state index contributed by atoms with van der Waals surface area (Å²) in [7, 11) is 0. The lowest BCUT2D eigenvalue weighted by molar-refractivity contribution is 0.0702. The zero-order valence-electron chi connectivity index (χ0n) is 9.86. The highest BCUT2D eigenvalue weighted by Gasteiger charge is 2.22. The maximum atomic E-state index is 10.8. The van der Waals surface area contributed by atoms with E-state index in [2.05, 4.69) is 32.3 Å². The number of aromatic carboxylic acids is 1. The van der Waals surface area contributed by atoms with Crippen molar-refractivity contribution < 1.29 is 9.90 Å². The van der Waals surface area contributed by atoms with Crippen molar-refractivity contribution in [1.29, 1.82) is 0 Å². The SMILES string of the molecule is C=CCN(c1csc(C(=O)O)c1)C(C)(C)C. The summed E-state index contributed by atoms with van der Waals surface area (Å²) in [5.74, 6) is -0.872. The molecule has 1 heterocycles. The summed E-state index contributed by atoms with van der Waals surface area (Å²) in [6.45, 7) is 10.7. The summed E-state index contributed by atoms with van der Waals surface area (Å²) in [5.41, 5.74) is 0.889. The number of carboxylic acid groups (broad SMARTS) is 1. The molecule has 0 amide bonds. The molecule has 0 bridgehead atoms. The lowest BCUT2D eigenvalue weighted by Crippen LogP contribution is -2.41. The molecule has 0 atom stereocenters. The maximum Gasteiger partial charge on any atom is 0.345 e. The fraction of sp³-hybridized carbons (Fsp3) is 0.417. The molecular formula is C12H17NO2S. The molecule has 1 aromatic rings. The van der Waals surface area contributed by atoms with E-state index in [4.69, 9.17) is 5.11 Å².